The summed E-state index contributed by atoms with van der Waals surface area (Å²) in [6.45, 7) is 3.51. The lowest BCUT2D eigenvalue weighted by molar-refractivity contribution is -0.112. The molecule has 0 saturated carbocycles. The minimum atomic E-state index is -3.20. The van der Waals surface area contributed by atoms with Gasteiger partial charge in [-0.15, -0.1) is 0 Å². The summed E-state index contributed by atoms with van der Waals surface area (Å²) in [4.78, 5) is 14.0. The van der Waals surface area contributed by atoms with Crippen LogP contribution < -0.4 is 5.32 Å². The third kappa shape index (κ3) is 4.81. The van der Waals surface area contributed by atoms with Gasteiger partial charge in [-0.3, -0.25) is 4.79 Å². The highest BCUT2D eigenvalue weighted by Gasteiger charge is 2.23. The van der Waals surface area contributed by atoms with E-state index in [1.54, 1.807) is 17.0 Å². The van der Waals surface area contributed by atoms with Crippen molar-refractivity contribution in [2.75, 3.05) is 37.8 Å². The number of nitriles is 1. The normalized spacial score (nSPS) is 16.5. The summed E-state index contributed by atoms with van der Waals surface area (Å²) < 4.78 is 24.3. The molecule has 0 spiro atoms. The van der Waals surface area contributed by atoms with Gasteiger partial charge in [-0.1, -0.05) is 17.7 Å². The first kappa shape index (κ1) is 18.0. The molecule has 8 heteroatoms. The first-order valence-corrected chi connectivity index (χ1v) is 9.33. The van der Waals surface area contributed by atoms with E-state index in [1.165, 1.54) is 16.8 Å². The molecule has 7 nitrogen and oxygen atoms in total. The number of nitrogens with one attached hydrogen (secondary N) is 1. The summed E-state index contributed by atoms with van der Waals surface area (Å²) in [5, 5.41) is 11.9. The third-order valence-corrected chi connectivity index (χ3v) is 5.03. The van der Waals surface area contributed by atoms with Crippen molar-refractivity contribution < 1.29 is 13.2 Å². The Kier molecular flexibility index (Phi) is 5.59. The highest BCUT2D eigenvalue weighted by Crippen LogP contribution is 2.12. The number of carbonyl (C=O) groups excluding carboxylic acids is 1. The summed E-state index contributed by atoms with van der Waals surface area (Å²) in [7, 11) is -3.20. The van der Waals surface area contributed by atoms with E-state index in [0.29, 0.717) is 31.9 Å². The van der Waals surface area contributed by atoms with Crippen molar-refractivity contribution in [1.82, 2.24) is 9.21 Å². The summed E-state index contributed by atoms with van der Waals surface area (Å²) in [5.74, 6) is -0.480. The van der Waals surface area contributed by atoms with Crippen molar-refractivity contribution in [3.63, 3.8) is 0 Å². The molecule has 1 N–H and O–H groups in total. The van der Waals surface area contributed by atoms with Gasteiger partial charge in [0, 0.05) is 38.1 Å². The Morgan fingerprint density at radius 2 is 1.79 bits per heavy atom. The minimum Gasteiger partial charge on any atom is -0.373 e. The molecule has 1 amide bonds. The van der Waals surface area contributed by atoms with Gasteiger partial charge in [0.2, 0.25) is 10.0 Å². The number of hydrogen-bond acceptors (Lipinski definition) is 5. The molecule has 1 aliphatic heterocycles. The molecule has 0 atom stereocenters. The topological polar surface area (TPSA) is 93.5 Å². The van der Waals surface area contributed by atoms with E-state index in [4.69, 9.17) is 0 Å². The van der Waals surface area contributed by atoms with Crippen LogP contribution in [-0.2, 0) is 14.8 Å². The van der Waals surface area contributed by atoms with Crippen molar-refractivity contribution in [1.29, 1.82) is 5.26 Å². The minimum absolute atomic E-state index is 0.0108. The Morgan fingerprint density at radius 1 is 1.21 bits per heavy atom. The fourth-order valence-corrected chi connectivity index (χ4v) is 3.15. The first-order chi connectivity index (χ1) is 11.3. The van der Waals surface area contributed by atoms with Gasteiger partial charge in [0.15, 0.2) is 0 Å². The van der Waals surface area contributed by atoms with Crippen LogP contribution in [0.4, 0.5) is 5.69 Å². The molecule has 0 bridgehead atoms. The van der Waals surface area contributed by atoms with Gasteiger partial charge in [0.1, 0.15) is 11.6 Å². The lowest BCUT2D eigenvalue weighted by atomic mass is 10.2. The van der Waals surface area contributed by atoms with Crippen LogP contribution in [0.5, 0.6) is 0 Å². The number of amides is 1. The van der Waals surface area contributed by atoms with Crippen molar-refractivity contribution in [3.8, 4) is 6.07 Å². The maximum absolute atomic E-state index is 12.2. The van der Waals surface area contributed by atoms with E-state index in [1.807, 2.05) is 25.1 Å². The Bertz CT molecular complexity index is 771. The predicted octanol–water partition coefficient (Wildman–Crippen LogP) is 0.918. The second-order valence-corrected chi connectivity index (χ2v) is 7.66. The van der Waals surface area contributed by atoms with Crippen LogP contribution in [0.25, 0.3) is 0 Å². The molecule has 1 saturated heterocycles. The largest absolute Gasteiger partial charge is 0.373 e. The van der Waals surface area contributed by atoms with Crippen molar-refractivity contribution >= 4 is 21.6 Å². The number of benzene rings is 1. The number of anilines is 1. The van der Waals surface area contributed by atoms with E-state index < -0.39 is 15.9 Å². The molecule has 1 aromatic carbocycles. The fraction of sp³-hybridized carbons (Fsp3) is 0.375. The third-order valence-electron chi connectivity index (χ3n) is 3.73. The molecule has 1 heterocycles. The van der Waals surface area contributed by atoms with Crippen LogP contribution in [0, 0.1) is 18.3 Å². The van der Waals surface area contributed by atoms with Crippen molar-refractivity contribution in [3.05, 3.63) is 41.6 Å². The molecule has 1 fully saturated rings. The Balaban J connectivity index is 2.00. The number of carbonyl (C=O) groups is 1. The highest BCUT2D eigenvalue weighted by atomic mass is 32.2. The molecule has 0 aliphatic carbocycles. The molecule has 1 aliphatic rings. The average molecular weight is 348 g/mol. The Labute approximate surface area is 142 Å². The maximum atomic E-state index is 12.2. The quantitative estimate of drug-likeness (QED) is 0.645. The van der Waals surface area contributed by atoms with Crippen LogP contribution in [0.1, 0.15) is 5.56 Å². The first-order valence-electron chi connectivity index (χ1n) is 7.49. The monoisotopic (exact) mass is 348 g/mol. The lowest BCUT2D eigenvalue weighted by Gasteiger charge is -2.32. The van der Waals surface area contributed by atoms with Gasteiger partial charge in [-0.05, 0) is 19.1 Å². The smallest absolute Gasteiger partial charge is 0.267 e. The number of hydrogen-bond donors (Lipinski definition) is 1. The van der Waals surface area contributed by atoms with Gasteiger partial charge in [0.05, 0.1) is 6.26 Å². The zero-order chi connectivity index (χ0) is 17.7. The van der Waals surface area contributed by atoms with Crippen LogP contribution in [-0.4, -0.2) is 56.0 Å². The Morgan fingerprint density at radius 3 is 2.29 bits per heavy atom. The maximum Gasteiger partial charge on any atom is 0.267 e. The zero-order valence-electron chi connectivity index (χ0n) is 13.7. The van der Waals surface area contributed by atoms with Gasteiger partial charge in [-0.25, -0.2) is 8.42 Å². The van der Waals surface area contributed by atoms with Crippen LogP contribution >= 0.6 is 0 Å². The standard InChI is InChI=1S/C16H20N4O3S/c1-13-3-5-15(6-4-13)18-16(21)14(11-17)12-19-7-9-20(10-8-19)24(2,22)23/h3-6,12H,7-10H2,1-2H3,(H,18,21)/b14-12-. The average Bonchev–Trinajstić information content (AvgIpc) is 2.54. The van der Waals surface area contributed by atoms with E-state index in [0.717, 1.165) is 5.56 Å². The van der Waals surface area contributed by atoms with Crippen LogP contribution in [0.3, 0.4) is 0 Å². The number of sulfonamides is 1. The number of nitrogens with zero attached hydrogens (tertiary/aromatic N) is 3. The SMILES string of the molecule is Cc1ccc(NC(=O)/C(C#N)=C\N2CCN(S(C)(=O)=O)CC2)cc1. The zero-order valence-corrected chi connectivity index (χ0v) is 14.5. The summed E-state index contributed by atoms with van der Waals surface area (Å²) in [6, 6.07) is 9.18. The molecule has 2 rings (SSSR count). The van der Waals surface area contributed by atoms with Crippen molar-refractivity contribution in [2.45, 2.75) is 6.92 Å². The van der Waals surface area contributed by atoms with Gasteiger partial charge < -0.3 is 10.2 Å². The van der Waals surface area contributed by atoms with Crippen molar-refractivity contribution in [2.24, 2.45) is 0 Å². The van der Waals surface area contributed by atoms with Crippen LogP contribution in [0.2, 0.25) is 0 Å². The molecule has 0 unspecified atom stereocenters. The molecule has 24 heavy (non-hydrogen) atoms. The van der Waals surface area contributed by atoms with E-state index in [-0.39, 0.29) is 5.57 Å². The van der Waals surface area contributed by atoms with E-state index in [9.17, 15) is 18.5 Å². The van der Waals surface area contributed by atoms with E-state index >= 15 is 0 Å². The summed E-state index contributed by atoms with van der Waals surface area (Å²) in [6.07, 6.45) is 2.66. The Hall–Kier alpha value is -2.37. The molecular weight excluding hydrogens is 328 g/mol. The second-order valence-electron chi connectivity index (χ2n) is 5.67. The summed E-state index contributed by atoms with van der Waals surface area (Å²) >= 11 is 0. The van der Waals surface area contributed by atoms with E-state index in [2.05, 4.69) is 5.32 Å². The highest BCUT2D eigenvalue weighted by molar-refractivity contribution is 7.88. The number of aryl methyl sites for hydroxylation is 1. The number of piperazine rings is 1. The van der Waals surface area contributed by atoms with Gasteiger partial charge in [-0.2, -0.15) is 9.57 Å². The fourth-order valence-electron chi connectivity index (χ4n) is 2.32. The molecule has 0 radical (unpaired) electrons. The second kappa shape index (κ2) is 7.47. The molecular formula is C16H20N4O3S. The number of rotatable bonds is 4. The summed E-state index contributed by atoms with van der Waals surface area (Å²) in [5.41, 5.74) is 1.69. The molecule has 0 aromatic heterocycles. The van der Waals surface area contributed by atoms with Gasteiger partial charge in [0.25, 0.3) is 5.91 Å². The predicted molar refractivity (Wildman–Crippen MR) is 91.5 cm³/mol. The molecule has 1 aromatic rings. The lowest BCUT2D eigenvalue weighted by Crippen LogP contribution is -2.46. The molecule has 128 valence electrons. The van der Waals surface area contributed by atoms with Crippen LogP contribution in [0.15, 0.2) is 36.0 Å². The van der Waals surface area contributed by atoms with Gasteiger partial charge >= 0.3 is 0 Å².